The van der Waals surface area contributed by atoms with Crippen molar-refractivity contribution in [3.05, 3.63) is 46.8 Å². The molecule has 0 aliphatic rings. The monoisotopic (exact) mass is 300 g/mol. The number of nitrogens with zero attached hydrogens (tertiary/aromatic N) is 4. The van der Waals surface area contributed by atoms with E-state index in [1.807, 2.05) is 25.1 Å². The molecule has 0 aromatic carbocycles. The number of H-pyrrole nitrogens is 2. The average molecular weight is 300 g/mol. The Bertz CT molecular complexity index is 836. The molecule has 0 atom stereocenters. The molecular formula is C13H12N6OS. The van der Waals surface area contributed by atoms with Crippen LogP contribution in [0.3, 0.4) is 0 Å². The highest BCUT2D eigenvalue weighted by Crippen LogP contribution is 2.14. The average Bonchev–Trinajstić information content (AvgIpc) is 3.17. The second kappa shape index (κ2) is 5.71. The minimum absolute atomic E-state index is 0.397. The smallest absolute Gasteiger partial charge is 0.216 e. The highest BCUT2D eigenvalue weighted by Gasteiger charge is 2.10. The summed E-state index contributed by atoms with van der Waals surface area (Å²) in [4.78, 5) is 0. The van der Waals surface area contributed by atoms with Crippen molar-refractivity contribution < 1.29 is 4.42 Å². The lowest BCUT2D eigenvalue weighted by molar-refractivity contribution is 0.557. The molecule has 8 heteroatoms. The van der Waals surface area contributed by atoms with Crippen molar-refractivity contribution in [3.8, 4) is 11.5 Å². The van der Waals surface area contributed by atoms with E-state index in [2.05, 4.69) is 25.5 Å². The lowest BCUT2D eigenvalue weighted by Gasteiger charge is -1.95. The number of aromatic nitrogens is 5. The van der Waals surface area contributed by atoms with E-state index in [0.717, 1.165) is 11.5 Å². The van der Waals surface area contributed by atoms with Crippen LogP contribution in [-0.4, -0.2) is 31.3 Å². The van der Waals surface area contributed by atoms with Crippen LogP contribution in [0.2, 0.25) is 0 Å². The van der Waals surface area contributed by atoms with Crippen molar-refractivity contribution >= 4 is 24.5 Å². The van der Waals surface area contributed by atoms with Crippen molar-refractivity contribution in [2.24, 2.45) is 5.10 Å². The molecule has 7 nitrogen and oxygen atoms in total. The fraction of sp³-hybridized carbons (Fsp3) is 0.0769. The maximum absolute atomic E-state index is 5.18. The molecule has 0 radical (unpaired) electrons. The molecule has 21 heavy (non-hydrogen) atoms. The van der Waals surface area contributed by atoms with Crippen LogP contribution in [0.4, 0.5) is 0 Å². The third-order valence-electron chi connectivity index (χ3n) is 2.66. The summed E-state index contributed by atoms with van der Waals surface area (Å²) in [5.41, 5.74) is 1.61. The van der Waals surface area contributed by atoms with Crippen LogP contribution in [-0.2, 0) is 0 Å². The maximum atomic E-state index is 5.18. The quantitative estimate of drug-likeness (QED) is 0.573. The molecule has 0 bridgehead atoms. The third kappa shape index (κ3) is 2.90. The van der Waals surface area contributed by atoms with Crippen LogP contribution in [0, 0.1) is 11.7 Å². The predicted molar refractivity (Wildman–Crippen MR) is 81.4 cm³/mol. The van der Waals surface area contributed by atoms with E-state index in [0.29, 0.717) is 16.3 Å². The first kappa shape index (κ1) is 13.3. The van der Waals surface area contributed by atoms with Crippen molar-refractivity contribution in [1.29, 1.82) is 0 Å². The van der Waals surface area contributed by atoms with Gasteiger partial charge in [-0.15, -0.1) is 0 Å². The van der Waals surface area contributed by atoms with Gasteiger partial charge in [0.1, 0.15) is 11.5 Å². The van der Waals surface area contributed by atoms with Gasteiger partial charge in [0.25, 0.3) is 0 Å². The van der Waals surface area contributed by atoms with E-state index in [1.54, 1.807) is 24.6 Å². The number of aromatic amines is 2. The molecule has 3 rings (SSSR count). The minimum atomic E-state index is 0.397. The van der Waals surface area contributed by atoms with Crippen molar-refractivity contribution in [2.75, 3.05) is 0 Å². The van der Waals surface area contributed by atoms with E-state index in [1.165, 1.54) is 4.68 Å². The molecule has 0 aliphatic heterocycles. The lowest BCUT2D eigenvalue weighted by atomic mass is 10.3. The van der Waals surface area contributed by atoms with Crippen LogP contribution in [0.25, 0.3) is 17.6 Å². The Kier molecular flexibility index (Phi) is 3.61. The fourth-order valence-corrected chi connectivity index (χ4v) is 1.91. The van der Waals surface area contributed by atoms with Gasteiger partial charge in [0.2, 0.25) is 10.6 Å². The zero-order valence-corrected chi connectivity index (χ0v) is 12.0. The van der Waals surface area contributed by atoms with Gasteiger partial charge in [0.15, 0.2) is 0 Å². The molecular weight excluding hydrogens is 288 g/mol. The van der Waals surface area contributed by atoms with Gasteiger partial charge in [-0.25, -0.2) is 5.10 Å². The Morgan fingerprint density at radius 1 is 1.38 bits per heavy atom. The third-order valence-corrected chi connectivity index (χ3v) is 2.92. The summed E-state index contributed by atoms with van der Waals surface area (Å²) < 4.78 is 7.09. The van der Waals surface area contributed by atoms with E-state index in [4.69, 9.17) is 16.6 Å². The summed E-state index contributed by atoms with van der Waals surface area (Å²) in [6.07, 6.45) is 6.77. The molecule has 0 amide bonds. The Labute approximate surface area is 125 Å². The normalized spacial score (nSPS) is 11.9. The van der Waals surface area contributed by atoms with Gasteiger partial charge >= 0.3 is 0 Å². The van der Waals surface area contributed by atoms with Gasteiger partial charge in [-0.1, -0.05) is 0 Å². The van der Waals surface area contributed by atoms with E-state index < -0.39 is 0 Å². The molecule has 0 fully saturated rings. The highest BCUT2D eigenvalue weighted by atomic mass is 32.1. The Morgan fingerprint density at radius 3 is 3.00 bits per heavy atom. The lowest BCUT2D eigenvalue weighted by Crippen LogP contribution is -1.93. The molecule has 0 saturated carbocycles. The SMILES string of the molecule is Cc1cc(-c2n[nH]c(=S)n2/N=C\C=C\c2ccco2)n[nH]1. The van der Waals surface area contributed by atoms with Crippen LogP contribution in [0.5, 0.6) is 0 Å². The fourth-order valence-electron chi connectivity index (χ4n) is 1.73. The Hall–Kier alpha value is -2.74. The zero-order chi connectivity index (χ0) is 14.7. The molecule has 0 spiro atoms. The summed E-state index contributed by atoms with van der Waals surface area (Å²) in [5.74, 6) is 1.30. The molecule has 106 valence electrons. The molecule has 3 aromatic rings. The first-order chi connectivity index (χ1) is 10.2. The van der Waals surface area contributed by atoms with Gasteiger partial charge in [0, 0.05) is 11.9 Å². The number of allylic oxidation sites excluding steroid dienone is 1. The van der Waals surface area contributed by atoms with Gasteiger partial charge in [-0.3, -0.25) is 5.10 Å². The first-order valence-corrected chi connectivity index (χ1v) is 6.59. The maximum Gasteiger partial charge on any atom is 0.216 e. The highest BCUT2D eigenvalue weighted by molar-refractivity contribution is 7.71. The van der Waals surface area contributed by atoms with Crippen molar-refractivity contribution in [3.63, 3.8) is 0 Å². The summed E-state index contributed by atoms with van der Waals surface area (Å²) in [6, 6.07) is 5.54. The minimum Gasteiger partial charge on any atom is -0.465 e. The van der Waals surface area contributed by atoms with Crippen molar-refractivity contribution in [1.82, 2.24) is 25.1 Å². The van der Waals surface area contributed by atoms with Crippen LogP contribution >= 0.6 is 12.2 Å². The van der Waals surface area contributed by atoms with Gasteiger partial charge < -0.3 is 4.42 Å². The van der Waals surface area contributed by atoms with E-state index >= 15 is 0 Å². The van der Waals surface area contributed by atoms with Crippen molar-refractivity contribution in [2.45, 2.75) is 6.92 Å². The second-order valence-electron chi connectivity index (χ2n) is 4.24. The first-order valence-electron chi connectivity index (χ1n) is 6.18. The van der Waals surface area contributed by atoms with Gasteiger partial charge in [-0.05, 0) is 49.5 Å². The predicted octanol–water partition coefficient (Wildman–Crippen LogP) is 2.78. The largest absolute Gasteiger partial charge is 0.465 e. The Balaban J connectivity index is 1.85. The molecule has 2 N–H and O–H groups in total. The van der Waals surface area contributed by atoms with Crippen LogP contribution < -0.4 is 0 Å². The zero-order valence-electron chi connectivity index (χ0n) is 11.1. The molecule has 0 aliphatic carbocycles. The van der Waals surface area contributed by atoms with Crippen LogP contribution in [0.15, 0.2) is 40.1 Å². The van der Waals surface area contributed by atoms with E-state index in [9.17, 15) is 0 Å². The number of nitrogens with one attached hydrogen (secondary N) is 2. The molecule has 3 heterocycles. The molecule has 0 saturated heterocycles. The van der Waals surface area contributed by atoms with Gasteiger partial charge in [0.05, 0.1) is 6.26 Å². The standard InChI is InChI=1S/C13H12N6OS/c1-9-8-11(16-15-9)12-17-18-13(21)19(12)14-6-2-4-10-5-3-7-20-10/h2-8H,1H3,(H,15,16)(H,18,21)/b4-2+,14-6-. The van der Waals surface area contributed by atoms with E-state index in [-0.39, 0.29) is 0 Å². The van der Waals surface area contributed by atoms with Gasteiger partial charge in [-0.2, -0.15) is 20.0 Å². The molecule has 0 unspecified atom stereocenters. The summed E-state index contributed by atoms with van der Waals surface area (Å²) in [5, 5.41) is 18.1. The summed E-state index contributed by atoms with van der Waals surface area (Å²) in [7, 11) is 0. The summed E-state index contributed by atoms with van der Waals surface area (Å²) in [6.45, 7) is 1.91. The number of hydrogen-bond donors (Lipinski definition) is 2. The molecule has 3 aromatic heterocycles. The number of rotatable bonds is 4. The van der Waals surface area contributed by atoms with Crippen LogP contribution in [0.1, 0.15) is 11.5 Å². The summed E-state index contributed by atoms with van der Waals surface area (Å²) >= 11 is 5.16. The number of aryl methyl sites for hydroxylation is 1. The number of hydrogen-bond acceptors (Lipinski definition) is 5. The number of furan rings is 1. The topological polar surface area (TPSA) is 87.8 Å². The Morgan fingerprint density at radius 2 is 2.29 bits per heavy atom. The second-order valence-corrected chi connectivity index (χ2v) is 4.63.